The Balaban J connectivity index is 1.03. The summed E-state index contributed by atoms with van der Waals surface area (Å²) < 4.78 is 9.63. The Kier molecular flexibility index (Phi) is 13.6. The fourth-order valence-electron chi connectivity index (χ4n) is 12.3. The molecule has 5 nitrogen and oxygen atoms in total. The van der Waals surface area contributed by atoms with Crippen molar-refractivity contribution in [2.24, 2.45) is 0 Å². The SMILES string of the molecule is CC(C)c1cccc(C(C)C)c1-c1cc(Oc2ccc3c4ccccc4n(-c4cc(C(C)(C)c5ccccc5)ccn4)c3c2)cc(N2CN(c3cc(-c4ccccc4)cc(C(C)(C)c4ccccc4)c3)c3cc(C(C)(C)C)ccc32)c1. The molecule has 0 unspecified atom stereocenters. The van der Waals surface area contributed by atoms with Crippen LogP contribution in [0.4, 0.5) is 22.7 Å². The van der Waals surface area contributed by atoms with E-state index in [1.54, 1.807) is 0 Å². The van der Waals surface area contributed by atoms with Crippen LogP contribution in [0, 0.1) is 0 Å². The molecule has 0 N–H and O–H groups in total. The highest BCUT2D eigenvalue weighted by atomic mass is 16.5. The molecule has 0 aliphatic carbocycles. The zero-order chi connectivity index (χ0) is 56.4. The zero-order valence-electron chi connectivity index (χ0n) is 48.9. The molecule has 9 aromatic carbocycles. The molecule has 2 aromatic heterocycles. The summed E-state index contributed by atoms with van der Waals surface area (Å²) in [6, 6.07) is 80.2. The van der Waals surface area contributed by atoms with E-state index in [1.165, 1.54) is 66.7 Å². The number of aromatic nitrogens is 2. The predicted octanol–water partition coefficient (Wildman–Crippen LogP) is 20.7. The predicted molar refractivity (Wildman–Crippen MR) is 342 cm³/mol. The van der Waals surface area contributed by atoms with E-state index in [4.69, 9.17) is 9.72 Å². The van der Waals surface area contributed by atoms with Crippen LogP contribution in [0.5, 0.6) is 11.5 Å². The number of nitrogens with zero attached hydrogens (tertiary/aromatic N) is 4. The highest BCUT2D eigenvalue weighted by Gasteiger charge is 2.33. The minimum Gasteiger partial charge on any atom is -0.457 e. The summed E-state index contributed by atoms with van der Waals surface area (Å²) in [4.78, 5) is 10.1. The summed E-state index contributed by atoms with van der Waals surface area (Å²) in [6.07, 6.45) is 1.95. The first-order chi connectivity index (χ1) is 38.9. The van der Waals surface area contributed by atoms with Crippen LogP contribution in [-0.2, 0) is 16.2 Å². The molecule has 0 fully saturated rings. The third-order valence-electron chi connectivity index (χ3n) is 17.2. The summed E-state index contributed by atoms with van der Waals surface area (Å²) in [7, 11) is 0. The van der Waals surface area contributed by atoms with Crippen molar-refractivity contribution in [1.29, 1.82) is 0 Å². The Morgan fingerprint density at radius 3 is 1.67 bits per heavy atom. The van der Waals surface area contributed by atoms with Gasteiger partial charge < -0.3 is 14.5 Å². The molecule has 0 radical (unpaired) electrons. The Labute approximate surface area is 480 Å². The highest BCUT2D eigenvalue weighted by molar-refractivity contribution is 6.09. The number of anilines is 4. The average Bonchev–Trinajstić information content (AvgIpc) is 4.06. The molecule has 0 saturated heterocycles. The normalized spacial score (nSPS) is 13.0. The second-order valence-electron chi connectivity index (χ2n) is 24.9. The number of ether oxygens (including phenoxy) is 1. The molecule has 0 spiro atoms. The van der Waals surface area contributed by atoms with E-state index in [-0.39, 0.29) is 16.2 Å². The number of hydrogen-bond acceptors (Lipinski definition) is 4. The van der Waals surface area contributed by atoms with Crippen LogP contribution in [0.25, 0.3) is 49.9 Å². The van der Waals surface area contributed by atoms with Gasteiger partial charge in [0.2, 0.25) is 0 Å². The van der Waals surface area contributed by atoms with E-state index in [9.17, 15) is 0 Å². The van der Waals surface area contributed by atoms with Crippen molar-refractivity contribution in [3.8, 4) is 39.6 Å². The van der Waals surface area contributed by atoms with Gasteiger partial charge in [-0.2, -0.15) is 0 Å². The minimum atomic E-state index is -0.272. The van der Waals surface area contributed by atoms with Gasteiger partial charge in [0.25, 0.3) is 0 Å². The topological polar surface area (TPSA) is 33.5 Å². The van der Waals surface area contributed by atoms with Gasteiger partial charge >= 0.3 is 0 Å². The number of hydrogen-bond donors (Lipinski definition) is 0. The van der Waals surface area contributed by atoms with E-state index in [1.807, 2.05) is 6.20 Å². The number of fused-ring (bicyclic) bond motifs is 4. The van der Waals surface area contributed by atoms with Crippen molar-refractivity contribution in [3.05, 3.63) is 264 Å². The molecule has 11 aromatic rings. The lowest BCUT2D eigenvalue weighted by Crippen LogP contribution is -2.25. The smallest absolute Gasteiger partial charge is 0.137 e. The molecular weight excluding hydrogens is 985 g/mol. The van der Waals surface area contributed by atoms with Gasteiger partial charge in [-0.05, 0) is 145 Å². The van der Waals surface area contributed by atoms with Crippen LogP contribution in [0.1, 0.15) is 127 Å². The van der Waals surface area contributed by atoms with Crippen molar-refractivity contribution in [3.63, 3.8) is 0 Å². The number of benzene rings is 9. The second kappa shape index (κ2) is 20.8. The Bertz CT molecular complexity index is 4080. The monoisotopic (exact) mass is 1060 g/mol. The maximum Gasteiger partial charge on any atom is 0.137 e. The molecule has 404 valence electrons. The fraction of sp³-hybridized carbons (Fsp3) is 0.224. The maximum atomic E-state index is 7.32. The van der Waals surface area contributed by atoms with Crippen molar-refractivity contribution in [2.45, 2.75) is 104 Å². The first-order valence-corrected chi connectivity index (χ1v) is 28.9. The van der Waals surface area contributed by atoms with Crippen LogP contribution in [0.15, 0.2) is 225 Å². The quantitative estimate of drug-likeness (QED) is 0.115. The van der Waals surface area contributed by atoms with Gasteiger partial charge in [-0.1, -0.05) is 216 Å². The number of para-hydroxylation sites is 1. The molecule has 81 heavy (non-hydrogen) atoms. The standard InChI is InChI=1S/C76H74N4O/c1-50(2)64-31-23-32-65(51(3)4)73(64)54-42-61(47-63(43-54)81-62-35-36-67-66-30-21-22-33-68(66)80(70(67)48-62)72-46-58(38-39-77-72)75(8,9)55-26-17-13-18-27-55)78-49-79(71-45-57(74(5,6)7)34-37-69(71)78)60-41-53(52-24-15-12-16-25-52)40-59(44-60)76(10,11)56-28-19-14-20-29-56/h12-48,50-51H,49H2,1-11H3. The largest absolute Gasteiger partial charge is 0.457 e. The lowest BCUT2D eigenvalue weighted by molar-refractivity contribution is 0.483. The van der Waals surface area contributed by atoms with Crippen LogP contribution in [0.3, 0.4) is 0 Å². The minimum absolute atomic E-state index is 0.0698. The molecule has 0 amide bonds. The van der Waals surface area contributed by atoms with Gasteiger partial charge in [0.05, 0.1) is 22.4 Å². The lowest BCUT2D eigenvalue weighted by atomic mass is 9.77. The van der Waals surface area contributed by atoms with Gasteiger partial charge in [0.1, 0.15) is 24.0 Å². The summed E-state index contributed by atoms with van der Waals surface area (Å²) in [5.41, 5.74) is 19.8. The van der Waals surface area contributed by atoms with E-state index >= 15 is 0 Å². The third kappa shape index (κ3) is 9.88. The fourth-order valence-corrected chi connectivity index (χ4v) is 12.3. The Morgan fingerprint density at radius 1 is 0.407 bits per heavy atom. The zero-order valence-corrected chi connectivity index (χ0v) is 48.9. The first kappa shape index (κ1) is 53.0. The van der Waals surface area contributed by atoms with E-state index in [0.717, 1.165) is 56.4 Å². The number of pyridine rings is 1. The molecular formula is C76H74N4O. The molecule has 0 saturated carbocycles. The molecule has 1 aliphatic heterocycles. The van der Waals surface area contributed by atoms with Crippen LogP contribution < -0.4 is 14.5 Å². The van der Waals surface area contributed by atoms with Gasteiger partial charge in [0.15, 0.2) is 0 Å². The first-order valence-electron chi connectivity index (χ1n) is 28.9. The lowest BCUT2D eigenvalue weighted by Gasteiger charge is -2.30. The molecule has 5 heteroatoms. The second-order valence-corrected chi connectivity index (χ2v) is 24.9. The van der Waals surface area contributed by atoms with Crippen LogP contribution in [-0.4, -0.2) is 16.2 Å². The summed E-state index contributed by atoms with van der Waals surface area (Å²) in [6.45, 7) is 26.1. The summed E-state index contributed by atoms with van der Waals surface area (Å²) in [5, 5.41) is 2.31. The molecule has 0 atom stereocenters. The Morgan fingerprint density at radius 2 is 1.00 bits per heavy atom. The van der Waals surface area contributed by atoms with Gasteiger partial charge in [-0.25, -0.2) is 4.98 Å². The molecule has 0 bridgehead atoms. The summed E-state index contributed by atoms with van der Waals surface area (Å²) in [5.74, 6) is 2.98. The van der Waals surface area contributed by atoms with Crippen molar-refractivity contribution >= 4 is 44.6 Å². The molecule has 12 rings (SSSR count). The van der Waals surface area contributed by atoms with Crippen molar-refractivity contribution < 1.29 is 4.74 Å². The maximum absolute atomic E-state index is 7.32. The van der Waals surface area contributed by atoms with Gasteiger partial charge in [-0.3, -0.25) is 4.57 Å². The molecule has 3 heterocycles. The van der Waals surface area contributed by atoms with E-state index in [0.29, 0.717) is 18.5 Å². The van der Waals surface area contributed by atoms with Gasteiger partial charge in [0, 0.05) is 51.3 Å². The molecule has 1 aliphatic rings. The highest BCUT2D eigenvalue weighted by Crippen LogP contribution is 2.50. The third-order valence-corrected chi connectivity index (χ3v) is 17.2. The van der Waals surface area contributed by atoms with Crippen molar-refractivity contribution in [1.82, 2.24) is 9.55 Å². The van der Waals surface area contributed by atoms with E-state index in [2.05, 4.69) is 309 Å². The van der Waals surface area contributed by atoms with Crippen molar-refractivity contribution in [2.75, 3.05) is 16.5 Å². The Hall–Kier alpha value is -8.67. The van der Waals surface area contributed by atoms with Crippen LogP contribution >= 0.6 is 0 Å². The van der Waals surface area contributed by atoms with Gasteiger partial charge in [-0.15, -0.1) is 0 Å². The average molecular weight is 1060 g/mol. The van der Waals surface area contributed by atoms with E-state index < -0.39 is 0 Å². The van der Waals surface area contributed by atoms with Crippen LogP contribution in [0.2, 0.25) is 0 Å². The summed E-state index contributed by atoms with van der Waals surface area (Å²) >= 11 is 0. The number of rotatable bonds is 13.